The van der Waals surface area contributed by atoms with Gasteiger partial charge in [-0.1, -0.05) is 29.8 Å². The predicted octanol–water partition coefficient (Wildman–Crippen LogP) is 2.28. The van der Waals surface area contributed by atoms with Crippen molar-refractivity contribution in [2.24, 2.45) is 0 Å². The van der Waals surface area contributed by atoms with Gasteiger partial charge in [0.15, 0.2) is 0 Å². The lowest BCUT2D eigenvalue weighted by Crippen LogP contribution is -2.32. The minimum atomic E-state index is -0.463. The summed E-state index contributed by atoms with van der Waals surface area (Å²) >= 11 is 3.20. The third kappa shape index (κ3) is 3.59. The number of benzene rings is 1. The fourth-order valence-electron chi connectivity index (χ4n) is 2.11. The lowest BCUT2D eigenvalue weighted by molar-refractivity contribution is 0.283. The Bertz CT molecular complexity index is 663. The standard InChI is InChI=1S/C14H18BrFN4O/c1-3-18(4-2)7-8-20-14(21)19(10-17-20)13-6-5-11(15)9-12(13)16/h5-6,9-10H,3-4,7-8H2,1-2H3. The Morgan fingerprint density at radius 2 is 2.05 bits per heavy atom. The Labute approximate surface area is 131 Å². The average Bonchev–Trinajstić information content (AvgIpc) is 2.82. The molecule has 2 aromatic rings. The summed E-state index contributed by atoms with van der Waals surface area (Å²) in [5.41, 5.74) is -0.124. The van der Waals surface area contributed by atoms with Gasteiger partial charge in [0.2, 0.25) is 0 Å². The molecule has 0 unspecified atom stereocenters. The molecule has 2 rings (SSSR count). The molecular formula is C14H18BrFN4O. The van der Waals surface area contributed by atoms with E-state index in [0.29, 0.717) is 11.0 Å². The van der Waals surface area contributed by atoms with Crippen molar-refractivity contribution in [2.75, 3.05) is 19.6 Å². The van der Waals surface area contributed by atoms with Gasteiger partial charge in [0.25, 0.3) is 0 Å². The van der Waals surface area contributed by atoms with Crippen LogP contribution in [-0.2, 0) is 6.54 Å². The van der Waals surface area contributed by atoms with Gasteiger partial charge in [-0.25, -0.2) is 18.4 Å². The van der Waals surface area contributed by atoms with Crippen LogP contribution in [-0.4, -0.2) is 38.9 Å². The summed E-state index contributed by atoms with van der Waals surface area (Å²) < 4.78 is 17.1. The molecule has 114 valence electrons. The van der Waals surface area contributed by atoms with Crippen molar-refractivity contribution < 1.29 is 4.39 Å². The van der Waals surface area contributed by atoms with Gasteiger partial charge in [-0.15, -0.1) is 0 Å². The first-order chi connectivity index (χ1) is 10.1. The van der Waals surface area contributed by atoms with Crippen LogP contribution in [0.15, 0.2) is 33.8 Å². The second-order valence-corrected chi connectivity index (χ2v) is 5.54. The zero-order valence-electron chi connectivity index (χ0n) is 12.1. The molecule has 0 aliphatic heterocycles. The van der Waals surface area contributed by atoms with Crippen LogP contribution in [0.5, 0.6) is 0 Å². The molecule has 1 aromatic carbocycles. The number of halogens is 2. The highest BCUT2D eigenvalue weighted by Crippen LogP contribution is 2.17. The molecule has 0 N–H and O–H groups in total. The van der Waals surface area contributed by atoms with Crippen molar-refractivity contribution in [1.82, 2.24) is 19.2 Å². The lowest BCUT2D eigenvalue weighted by atomic mass is 10.3. The maximum atomic E-state index is 13.9. The summed E-state index contributed by atoms with van der Waals surface area (Å²) in [6, 6.07) is 4.57. The van der Waals surface area contributed by atoms with E-state index in [1.165, 1.54) is 21.6 Å². The second-order valence-electron chi connectivity index (χ2n) is 4.63. The van der Waals surface area contributed by atoms with E-state index in [9.17, 15) is 9.18 Å². The van der Waals surface area contributed by atoms with Crippen molar-refractivity contribution in [1.29, 1.82) is 0 Å². The first-order valence-corrected chi connectivity index (χ1v) is 7.68. The molecule has 0 saturated carbocycles. The molecule has 0 aliphatic rings. The molecule has 7 heteroatoms. The number of aromatic nitrogens is 3. The number of hydrogen-bond acceptors (Lipinski definition) is 3. The zero-order chi connectivity index (χ0) is 15.4. The van der Waals surface area contributed by atoms with Gasteiger partial charge in [-0.3, -0.25) is 0 Å². The molecule has 1 aromatic heterocycles. The Hall–Kier alpha value is -1.47. The fourth-order valence-corrected chi connectivity index (χ4v) is 2.44. The third-order valence-corrected chi connectivity index (χ3v) is 3.92. The number of nitrogens with zero attached hydrogens (tertiary/aromatic N) is 4. The normalized spacial score (nSPS) is 11.3. The van der Waals surface area contributed by atoms with E-state index in [1.54, 1.807) is 12.1 Å². The quantitative estimate of drug-likeness (QED) is 0.797. The molecular weight excluding hydrogens is 339 g/mol. The van der Waals surface area contributed by atoms with Crippen molar-refractivity contribution in [2.45, 2.75) is 20.4 Å². The maximum absolute atomic E-state index is 13.9. The van der Waals surface area contributed by atoms with Crippen molar-refractivity contribution >= 4 is 15.9 Å². The molecule has 0 radical (unpaired) electrons. The van der Waals surface area contributed by atoms with Crippen LogP contribution < -0.4 is 5.69 Å². The highest BCUT2D eigenvalue weighted by atomic mass is 79.9. The van der Waals surface area contributed by atoms with Gasteiger partial charge in [0.1, 0.15) is 12.1 Å². The number of rotatable bonds is 6. The van der Waals surface area contributed by atoms with Gasteiger partial charge >= 0.3 is 5.69 Å². The van der Waals surface area contributed by atoms with Gasteiger partial charge in [0.05, 0.1) is 12.2 Å². The Morgan fingerprint density at radius 1 is 1.33 bits per heavy atom. The first kappa shape index (κ1) is 15.9. The SMILES string of the molecule is CCN(CC)CCn1ncn(-c2ccc(Br)cc2F)c1=O. The Balaban J connectivity index is 2.22. The van der Waals surface area contributed by atoms with Crippen LogP contribution >= 0.6 is 15.9 Å². The van der Waals surface area contributed by atoms with E-state index in [4.69, 9.17) is 0 Å². The molecule has 0 saturated heterocycles. The van der Waals surface area contributed by atoms with Crippen molar-refractivity contribution in [3.63, 3.8) is 0 Å². The van der Waals surface area contributed by atoms with E-state index in [0.717, 1.165) is 19.6 Å². The van der Waals surface area contributed by atoms with Gasteiger partial charge < -0.3 is 4.90 Å². The van der Waals surface area contributed by atoms with Crippen molar-refractivity contribution in [3.8, 4) is 5.69 Å². The fraction of sp³-hybridized carbons (Fsp3) is 0.429. The smallest absolute Gasteiger partial charge is 0.302 e. The van der Waals surface area contributed by atoms with Crippen LogP contribution in [0.4, 0.5) is 4.39 Å². The summed E-state index contributed by atoms with van der Waals surface area (Å²) in [7, 11) is 0. The predicted molar refractivity (Wildman–Crippen MR) is 83.3 cm³/mol. The number of hydrogen-bond donors (Lipinski definition) is 0. The lowest BCUT2D eigenvalue weighted by Gasteiger charge is -2.16. The molecule has 0 fully saturated rings. The van der Waals surface area contributed by atoms with Crippen LogP contribution in [0.1, 0.15) is 13.8 Å². The first-order valence-electron chi connectivity index (χ1n) is 6.89. The highest BCUT2D eigenvalue weighted by Gasteiger charge is 2.11. The Kier molecular flexibility index (Phi) is 5.30. The highest BCUT2D eigenvalue weighted by molar-refractivity contribution is 9.10. The molecule has 0 atom stereocenters. The summed E-state index contributed by atoms with van der Waals surface area (Å²) in [5.74, 6) is -0.463. The molecule has 21 heavy (non-hydrogen) atoms. The van der Waals surface area contributed by atoms with Crippen LogP contribution in [0.2, 0.25) is 0 Å². The van der Waals surface area contributed by atoms with Crippen LogP contribution in [0.25, 0.3) is 5.69 Å². The van der Waals surface area contributed by atoms with Gasteiger partial charge in [0, 0.05) is 11.0 Å². The molecule has 0 bridgehead atoms. The third-order valence-electron chi connectivity index (χ3n) is 3.43. The monoisotopic (exact) mass is 356 g/mol. The Morgan fingerprint density at radius 3 is 2.67 bits per heavy atom. The van der Waals surface area contributed by atoms with Gasteiger partial charge in [-0.05, 0) is 31.3 Å². The summed E-state index contributed by atoms with van der Waals surface area (Å²) in [6.07, 6.45) is 1.36. The average molecular weight is 357 g/mol. The second kappa shape index (κ2) is 7.00. The summed E-state index contributed by atoms with van der Waals surface area (Å²) in [6.45, 7) is 7.23. The topological polar surface area (TPSA) is 43.1 Å². The minimum Gasteiger partial charge on any atom is -0.302 e. The molecule has 0 amide bonds. The van der Waals surface area contributed by atoms with E-state index in [1.807, 2.05) is 0 Å². The molecule has 5 nitrogen and oxygen atoms in total. The number of likely N-dealkylation sites (N-methyl/N-ethyl adjacent to an activating group) is 1. The zero-order valence-corrected chi connectivity index (χ0v) is 13.7. The van der Waals surface area contributed by atoms with E-state index < -0.39 is 5.82 Å². The molecule has 0 spiro atoms. The van der Waals surface area contributed by atoms with E-state index >= 15 is 0 Å². The van der Waals surface area contributed by atoms with Crippen LogP contribution in [0, 0.1) is 5.82 Å². The largest absolute Gasteiger partial charge is 0.350 e. The summed E-state index contributed by atoms with van der Waals surface area (Å²) in [4.78, 5) is 14.5. The van der Waals surface area contributed by atoms with Gasteiger partial charge in [-0.2, -0.15) is 5.10 Å². The minimum absolute atomic E-state index is 0.206. The molecule has 1 heterocycles. The van der Waals surface area contributed by atoms with Crippen LogP contribution in [0.3, 0.4) is 0 Å². The molecule has 0 aliphatic carbocycles. The van der Waals surface area contributed by atoms with E-state index in [-0.39, 0.29) is 11.4 Å². The summed E-state index contributed by atoms with van der Waals surface area (Å²) in [5, 5.41) is 4.06. The maximum Gasteiger partial charge on any atom is 0.350 e. The van der Waals surface area contributed by atoms with E-state index in [2.05, 4.69) is 39.8 Å². The van der Waals surface area contributed by atoms with Crippen molar-refractivity contribution in [3.05, 3.63) is 45.3 Å².